The topological polar surface area (TPSA) is 115 Å². The predicted octanol–water partition coefficient (Wildman–Crippen LogP) is 1.74. The maximum absolute atomic E-state index is 12.1. The third-order valence-electron chi connectivity index (χ3n) is 3.37. The zero-order chi connectivity index (χ0) is 22.4. The van der Waals surface area contributed by atoms with E-state index < -0.39 is 17.7 Å². The van der Waals surface area contributed by atoms with Crippen LogP contribution in [-0.2, 0) is 23.8 Å². The Labute approximate surface area is 174 Å². The van der Waals surface area contributed by atoms with E-state index in [0.29, 0.717) is 13.2 Å². The normalized spacial score (nSPS) is 11.7. The molecule has 0 atom stereocenters. The third kappa shape index (κ3) is 17.9. The first-order valence-electron chi connectivity index (χ1n) is 10.1. The molecule has 0 fully saturated rings. The fourth-order valence-corrected chi connectivity index (χ4v) is 2.07. The summed E-state index contributed by atoms with van der Waals surface area (Å²) in [5.41, 5.74) is -0.649. The Morgan fingerprint density at radius 3 is 1.55 bits per heavy atom. The Bertz CT molecular complexity index is 473. The van der Waals surface area contributed by atoms with E-state index in [-0.39, 0.29) is 50.0 Å². The van der Waals surface area contributed by atoms with Gasteiger partial charge in [0, 0.05) is 25.9 Å². The van der Waals surface area contributed by atoms with Crippen LogP contribution in [0.5, 0.6) is 0 Å². The van der Waals surface area contributed by atoms with Crippen molar-refractivity contribution in [1.29, 1.82) is 0 Å². The molecule has 0 spiro atoms. The van der Waals surface area contributed by atoms with Crippen molar-refractivity contribution < 1.29 is 28.6 Å². The van der Waals surface area contributed by atoms with Crippen LogP contribution in [0.3, 0.4) is 0 Å². The van der Waals surface area contributed by atoms with Crippen LogP contribution in [0, 0.1) is 0 Å². The minimum Gasteiger partial charge on any atom is -0.444 e. The minimum absolute atomic E-state index is 0.0549. The number of carbonyl (C=O) groups excluding carboxylic acids is 3. The van der Waals surface area contributed by atoms with Crippen LogP contribution in [0.4, 0.5) is 4.79 Å². The van der Waals surface area contributed by atoms with Crippen LogP contribution in [0.2, 0.25) is 0 Å². The highest BCUT2D eigenvalue weighted by atomic mass is 16.6. The molecule has 0 aliphatic rings. The summed E-state index contributed by atoms with van der Waals surface area (Å²) in [5, 5.41) is 8.16. The largest absolute Gasteiger partial charge is 0.444 e. The van der Waals surface area contributed by atoms with Crippen LogP contribution < -0.4 is 16.0 Å². The minimum atomic E-state index is -0.649. The number of nitrogens with one attached hydrogen (secondary N) is 3. The summed E-state index contributed by atoms with van der Waals surface area (Å²) < 4.78 is 16.0. The Balaban J connectivity index is 4.54. The molecule has 3 N–H and O–H groups in total. The van der Waals surface area contributed by atoms with Crippen molar-refractivity contribution in [2.24, 2.45) is 0 Å². The van der Waals surface area contributed by atoms with Crippen molar-refractivity contribution in [3.63, 3.8) is 0 Å². The van der Waals surface area contributed by atoms with Gasteiger partial charge in [-0.2, -0.15) is 0 Å². The smallest absolute Gasteiger partial charge is 0.407 e. The zero-order valence-electron chi connectivity index (χ0n) is 18.9. The Morgan fingerprint density at radius 2 is 1.21 bits per heavy atom. The predicted molar refractivity (Wildman–Crippen MR) is 111 cm³/mol. The molecular weight excluding hydrogens is 378 g/mol. The number of hydrogen-bond donors (Lipinski definition) is 3. The Morgan fingerprint density at radius 1 is 0.793 bits per heavy atom. The van der Waals surface area contributed by atoms with Gasteiger partial charge in [-0.25, -0.2) is 4.79 Å². The van der Waals surface area contributed by atoms with E-state index >= 15 is 0 Å². The summed E-state index contributed by atoms with van der Waals surface area (Å²) in [6, 6.07) is -0.519. The molecule has 0 saturated carbocycles. The van der Waals surface area contributed by atoms with Gasteiger partial charge in [-0.3, -0.25) is 9.59 Å². The van der Waals surface area contributed by atoms with Crippen molar-refractivity contribution in [1.82, 2.24) is 16.0 Å². The quantitative estimate of drug-likeness (QED) is 0.420. The molecule has 0 rings (SSSR count). The molecule has 29 heavy (non-hydrogen) atoms. The highest BCUT2D eigenvalue weighted by Crippen LogP contribution is 2.06. The number of rotatable bonds is 13. The first-order chi connectivity index (χ1) is 13.4. The van der Waals surface area contributed by atoms with Gasteiger partial charge in [-0.1, -0.05) is 0 Å². The summed E-state index contributed by atoms with van der Waals surface area (Å²) in [6.07, 6.45) is -0.0669. The molecule has 0 aliphatic carbocycles. The first kappa shape index (κ1) is 27.1. The number of carbonyl (C=O) groups is 3. The lowest BCUT2D eigenvalue weighted by Crippen LogP contribution is -2.51. The van der Waals surface area contributed by atoms with E-state index in [4.69, 9.17) is 14.2 Å². The van der Waals surface area contributed by atoms with Crippen LogP contribution in [0.25, 0.3) is 0 Å². The second-order valence-corrected chi connectivity index (χ2v) is 8.29. The van der Waals surface area contributed by atoms with E-state index in [0.717, 1.165) is 0 Å². The zero-order valence-corrected chi connectivity index (χ0v) is 18.9. The molecule has 170 valence electrons. The molecule has 0 aromatic carbocycles. The Hall–Kier alpha value is -1.87. The molecule has 0 heterocycles. The van der Waals surface area contributed by atoms with Crippen molar-refractivity contribution in [2.45, 2.75) is 85.2 Å². The summed E-state index contributed by atoms with van der Waals surface area (Å²) in [5.74, 6) is -0.392. The average Bonchev–Trinajstić information content (AvgIpc) is 2.54. The summed E-state index contributed by atoms with van der Waals surface area (Å²) >= 11 is 0. The number of alkyl carbamates (subject to hydrolysis) is 1. The molecule has 0 radical (unpaired) electrons. The monoisotopic (exact) mass is 417 g/mol. The molecule has 0 bridgehead atoms. The lowest BCUT2D eigenvalue weighted by Gasteiger charge is -2.24. The summed E-state index contributed by atoms with van der Waals surface area (Å²) in [7, 11) is 0. The molecule has 9 heteroatoms. The molecule has 0 aromatic rings. The lowest BCUT2D eigenvalue weighted by atomic mass is 10.2. The summed E-state index contributed by atoms with van der Waals surface area (Å²) in [6.45, 7) is 13.8. The Kier molecular flexibility index (Phi) is 13.3. The van der Waals surface area contributed by atoms with Gasteiger partial charge in [0.25, 0.3) is 0 Å². The van der Waals surface area contributed by atoms with Gasteiger partial charge >= 0.3 is 6.09 Å². The standard InChI is InChI=1S/C20H39N3O6/c1-14(2)27-10-8-17(24)21-12-16(23-19(26)29-20(5,6)7)13-22-18(25)9-11-28-15(3)4/h14-16H,8-13H2,1-7H3,(H,21,24)(H,22,25)(H,23,26). The second kappa shape index (κ2) is 14.2. The highest BCUT2D eigenvalue weighted by molar-refractivity contribution is 5.77. The lowest BCUT2D eigenvalue weighted by molar-refractivity contribution is -0.122. The van der Waals surface area contributed by atoms with Gasteiger partial charge in [0.15, 0.2) is 0 Å². The van der Waals surface area contributed by atoms with E-state index in [9.17, 15) is 14.4 Å². The SMILES string of the molecule is CC(C)OCCC(=O)NCC(CNC(=O)CCOC(C)C)NC(=O)OC(C)(C)C. The summed E-state index contributed by atoms with van der Waals surface area (Å²) in [4.78, 5) is 35.9. The van der Waals surface area contributed by atoms with E-state index in [1.807, 2.05) is 27.7 Å². The molecule has 0 unspecified atom stereocenters. The maximum Gasteiger partial charge on any atom is 0.407 e. The van der Waals surface area contributed by atoms with E-state index in [2.05, 4.69) is 16.0 Å². The van der Waals surface area contributed by atoms with Gasteiger partial charge in [0.2, 0.25) is 11.8 Å². The van der Waals surface area contributed by atoms with Gasteiger partial charge in [0.05, 0.1) is 31.5 Å². The molecule has 9 nitrogen and oxygen atoms in total. The van der Waals surface area contributed by atoms with Gasteiger partial charge in [0.1, 0.15) is 5.60 Å². The highest BCUT2D eigenvalue weighted by Gasteiger charge is 2.20. The number of ether oxygens (including phenoxy) is 3. The number of hydrogen-bond acceptors (Lipinski definition) is 6. The molecule has 3 amide bonds. The van der Waals surface area contributed by atoms with Crippen LogP contribution >= 0.6 is 0 Å². The average molecular weight is 418 g/mol. The van der Waals surface area contributed by atoms with Gasteiger partial charge in [-0.05, 0) is 48.5 Å². The second-order valence-electron chi connectivity index (χ2n) is 8.29. The van der Waals surface area contributed by atoms with Crippen molar-refractivity contribution >= 4 is 17.9 Å². The van der Waals surface area contributed by atoms with Crippen molar-refractivity contribution in [3.8, 4) is 0 Å². The first-order valence-corrected chi connectivity index (χ1v) is 10.1. The maximum atomic E-state index is 12.1. The molecule has 0 aromatic heterocycles. The number of amides is 3. The van der Waals surface area contributed by atoms with E-state index in [1.54, 1.807) is 20.8 Å². The van der Waals surface area contributed by atoms with Crippen molar-refractivity contribution in [2.75, 3.05) is 26.3 Å². The van der Waals surface area contributed by atoms with Crippen LogP contribution in [-0.4, -0.2) is 68.1 Å². The molecule has 0 aliphatic heterocycles. The molecular formula is C20H39N3O6. The van der Waals surface area contributed by atoms with Gasteiger partial charge < -0.3 is 30.2 Å². The third-order valence-corrected chi connectivity index (χ3v) is 3.37. The van der Waals surface area contributed by atoms with Crippen LogP contribution in [0.1, 0.15) is 61.3 Å². The van der Waals surface area contributed by atoms with Gasteiger partial charge in [-0.15, -0.1) is 0 Å². The molecule has 0 saturated heterocycles. The fourth-order valence-electron chi connectivity index (χ4n) is 2.07. The fraction of sp³-hybridized carbons (Fsp3) is 0.850. The van der Waals surface area contributed by atoms with Crippen molar-refractivity contribution in [3.05, 3.63) is 0 Å². The van der Waals surface area contributed by atoms with E-state index in [1.165, 1.54) is 0 Å². The van der Waals surface area contributed by atoms with Crippen LogP contribution in [0.15, 0.2) is 0 Å².